The van der Waals surface area contributed by atoms with Crippen molar-refractivity contribution in [3.8, 4) is 6.07 Å². The summed E-state index contributed by atoms with van der Waals surface area (Å²) < 4.78 is 2.04. The maximum atomic E-state index is 9.34. The highest BCUT2D eigenvalue weighted by Gasteiger charge is 2.08. The monoisotopic (exact) mass is 317 g/mol. The van der Waals surface area contributed by atoms with Gasteiger partial charge in [-0.1, -0.05) is 24.3 Å². The van der Waals surface area contributed by atoms with Crippen molar-refractivity contribution in [2.24, 2.45) is 0 Å². The van der Waals surface area contributed by atoms with E-state index in [-0.39, 0.29) is 0 Å². The zero-order valence-corrected chi connectivity index (χ0v) is 13.8. The van der Waals surface area contributed by atoms with Crippen molar-refractivity contribution in [2.75, 3.05) is 5.32 Å². The van der Waals surface area contributed by atoms with Gasteiger partial charge in [0.1, 0.15) is 6.07 Å². The number of hydrogen-bond acceptors (Lipinski definition) is 4. The highest BCUT2D eigenvalue weighted by atomic mass is 15.0. The maximum absolute atomic E-state index is 9.34. The number of rotatable bonds is 5. The molecule has 0 radical (unpaired) electrons. The lowest BCUT2D eigenvalue weighted by Gasteiger charge is -2.12. The molecule has 0 amide bonds. The van der Waals surface area contributed by atoms with Gasteiger partial charge < -0.3 is 9.88 Å². The molecule has 24 heavy (non-hydrogen) atoms. The molecular weight excluding hydrogens is 298 g/mol. The Labute approximate surface area is 141 Å². The fourth-order valence-electron chi connectivity index (χ4n) is 2.74. The molecule has 2 aromatic heterocycles. The molecular formula is C19H19N5. The minimum atomic E-state index is 0.607. The third kappa shape index (κ3) is 3.61. The van der Waals surface area contributed by atoms with E-state index in [2.05, 4.69) is 45.6 Å². The van der Waals surface area contributed by atoms with Gasteiger partial charge >= 0.3 is 0 Å². The predicted molar refractivity (Wildman–Crippen MR) is 93.5 cm³/mol. The summed E-state index contributed by atoms with van der Waals surface area (Å²) in [6.07, 6.45) is 5.54. The minimum absolute atomic E-state index is 0.607. The lowest BCUT2D eigenvalue weighted by Crippen LogP contribution is -2.05. The van der Waals surface area contributed by atoms with E-state index in [1.54, 1.807) is 6.20 Å². The summed E-state index contributed by atoms with van der Waals surface area (Å²) >= 11 is 0. The van der Waals surface area contributed by atoms with Crippen LogP contribution in [0.15, 0.2) is 49.1 Å². The van der Waals surface area contributed by atoms with E-state index in [1.807, 2.05) is 37.0 Å². The summed E-state index contributed by atoms with van der Waals surface area (Å²) in [4.78, 5) is 8.41. The van der Waals surface area contributed by atoms with E-state index in [4.69, 9.17) is 0 Å². The normalized spacial score (nSPS) is 10.4. The van der Waals surface area contributed by atoms with Gasteiger partial charge in [0.15, 0.2) is 0 Å². The number of imidazole rings is 1. The highest BCUT2D eigenvalue weighted by molar-refractivity contribution is 5.60. The molecule has 5 heteroatoms. The van der Waals surface area contributed by atoms with E-state index in [0.717, 1.165) is 23.6 Å². The molecule has 0 spiro atoms. The Morgan fingerprint density at radius 3 is 2.79 bits per heavy atom. The molecule has 1 N–H and O–H groups in total. The Bertz CT molecular complexity index is 875. The first kappa shape index (κ1) is 15.8. The summed E-state index contributed by atoms with van der Waals surface area (Å²) in [5, 5.41) is 12.7. The van der Waals surface area contributed by atoms with Crippen LogP contribution in [0.3, 0.4) is 0 Å². The van der Waals surface area contributed by atoms with Crippen molar-refractivity contribution in [2.45, 2.75) is 26.9 Å². The molecule has 2 heterocycles. The highest BCUT2D eigenvalue weighted by Crippen LogP contribution is 2.19. The van der Waals surface area contributed by atoms with Crippen LogP contribution in [-0.2, 0) is 13.1 Å². The molecule has 0 saturated heterocycles. The van der Waals surface area contributed by atoms with Crippen LogP contribution in [0.4, 0.5) is 5.69 Å². The van der Waals surface area contributed by atoms with Gasteiger partial charge in [-0.05, 0) is 31.0 Å². The Morgan fingerprint density at radius 1 is 1.21 bits per heavy atom. The zero-order chi connectivity index (χ0) is 16.9. The second kappa shape index (κ2) is 6.97. The van der Waals surface area contributed by atoms with Crippen LogP contribution < -0.4 is 5.32 Å². The fraction of sp³-hybridized carbons (Fsp3) is 0.211. The van der Waals surface area contributed by atoms with Crippen LogP contribution in [0, 0.1) is 25.2 Å². The van der Waals surface area contributed by atoms with Gasteiger partial charge in [-0.2, -0.15) is 5.26 Å². The summed E-state index contributed by atoms with van der Waals surface area (Å²) in [7, 11) is 0. The van der Waals surface area contributed by atoms with Gasteiger partial charge in [0.2, 0.25) is 0 Å². The summed E-state index contributed by atoms with van der Waals surface area (Å²) in [5.41, 5.74) is 5.49. The quantitative estimate of drug-likeness (QED) is 0.783. The molecule has 5 nitrogen and oxygen atoms in total. The lowest BCUT2D eigenvalue weighted by molar-refractivity contribution is 0.796. The Balaban J connectivity index is 1.75. The molecule has 0 bridgehead atoms. The number of anilines is 1. The number of benzene rings is 1. The van der Waals surface area contributed by atoms with Crippen LogP contribution in [0.25, 0.3) is 0 Å². The molecule has 3 rings (SSSR count). The van der Waals surface area contributed by atoms with Gasteiger partial charge in [-0.15, -0.1) is 0 Å². The number of pyridine rings is 1. The zero-order valence-electron chi connectivity index (χ0n) is 13.8. The van der Waals surface area contributed by atoms with Gasteiger partial charge in [-0.3, -0.25) is 4.98 Å². The largest absolute Gasteiger partial charge is 0.380 e. The SMILES string of the molecule is Cc1cc(NCc2cccc(Cn3ccnc3)c2)c(C#N)c(C)n1. The smallest absolute Gasteiger partial charge is 0.103 e. The van der Waals surface area contributed by atoms with E-state index < -0.39 is 0 Å². The number of hydrogen-bond donors (Lipinski definition) is 1. The Kier molecular flexibility index (Phi) is 4.57. The van der Waals surface area contributed by atoms with Crippen LogP contribution in [0.5, 0.6) is 0 Å². The van der Waals surface area contributed by atoms with Crippen LogP contribution >= 0.6 is 0 Å². The van der Waals surface area contributed by atoms with Crippen molar-refractivity contribution >= 4 is 5.69 Å². The molecule has 0 atom stereocenters. The molecule has 0 aliphatic carbocycles. The maximum Gasteiger partial charge on any atom is 0.103 e. The van der Waals surface area contributed by atoms with Gasteiger partial charge in [0, 0.05) is 31.2 Å². The number of aromatic nitrogens is 3. The number of nitrogens with zero attached hydrogens (tertiary/aromatic N) is 4. The molecule has 0 aliphatic rings. The molecule has 0 aliphatic heterocycles. The van der Waals surface area contributed by atoms with Gasteiger partial charge in [-0.25, -0.2) is 4.98 Å². The average Bonchev–Trinajstić information content (AvgIpc) is 3.06. The van der Waals surface area contributed by atoms with E-state index in [0.29, 0.717) is 12.1 Å². The Morgan fingerprint density at radius 2 is 2.04 bits per heavy atom. The van der Waals surface area contributed by atoms with E-state index >= 15 is 0 Å². The summed E-state index contributed by atoms with van der Waals surface area (Å²) in [5.74, 6) is 0. The third-order valence-corrected chi connectivity index (χ3v) is 3.84. The average molecular weight is 317 g/mol. The van der Waals surface area contributed by atoms with Crippen molar-refractivity contribution in [1.29, 1.82) is 5.26 Å². The first-order chi connectivity index (χ1) is 11.7. The third-order valence-electron chi connectivity index (χ3n) is 3.84. The van der Waals surface area contributed by atoms with Crippen LogP contribution in [0.2, 0.25) is 0 Å². The van der Waals surface area contributed by atoms with E-state index in [1.165, 1.54) is 11.1 Å². The summed E-state index contributed by atoms with van der Waals surface area (Å²) in [6, 6.07) is 12.6. The standard InChI is InChI=1S/C19H19N5/c1-14-8-19(18(10-20)15(2)23-14)22-11-16-4-3-5-17(9-16)12-24-7-6-21-13-24/h3-9,13H,11-12H2,1-2H3,(H,22,23). The number of aryl methyl sites for hydroxylation is 2. The molecule has 0 unspecified atom stereocenters. The molecule has 0 saturated carbocycles. The molecule has 3 aromatic rings. The van der Waals surface area contributed by atoms with Crippen LogP contribution in [-0.4, -0.2) is 14.5 Å². The number of nitrogens with one attached hydrogen (secondary N) is 1. The fourth-order valence-corrected chi connectivity index (χ4v) is 2.74. The second-order valence-corrected chi connectivity index (χ2v) is 5.79. The van der Waals surface area contributed by atoms with Crippen molar-refractivity contribution in [3.05, 3.63) is 77.1 Å². The lowest BCUT2D eigenvalue weighted by atomic mass is 10.1. The molecule has 0 fully saturated rings. The van der Waals surface area contributed by atoms with Crippen molar-refractivity contribution < 1.29 is 0 Å². The first-order valence-electron chi connectivity index (χ1n) is 7.81. The van der Waals surface area contributed by atoms with E-state index in [9.17, 15) is 5.26 Å². The van der Waals surface area contributed by atoms with Gasteiger partial charge in [0.25, 0.3) is 0 Å². The van der Waals surface area contributed by atoms with Crippen molar-refractivity contribution in [1.82, 2.24) is 14.5 Å². The van der Waals surface area contributed by atoms with Crippen molar-refractivity contribution in [3.63, 3.8) is 0 Å². The molecule has 1 aromatic carbocycles. The first-order valence-corrected chi connectivity index (χ1v) is 7.81. The second-order valence-electron chi connectivity index (χ2n) is 5.79. The predicted octanol–water partition coefficient (Wildman–Crippen LogP) is 3.43. The molecule has 120 valence electrons. The Hall–Kier alpha value is -3.13. The van der Waals surface area contributed by atoms with Crippen LogP contribution in [0.1, 0.15) is 28.1 Å². The topological polar surface area (TPSA) is 66.5 Å². The number of nitriles is 1. The van der Waals surface area contributed by atoms with Gasteiger partial charge in [0.05, 0.1) is 23.3 Å². The summed E-state index contributed by atoms with van der Waals surface area (Å²) in [6.45, 7) is 5.26. The minimum Gasteiger partial charge on any atom is -0.380 e.